The Kier molecular flexibility index (Phi) is 4.83. The molecule has 8 heteroatoms. The Balaban J connectivity index is 1.81. The topological polar surface area (TPSA) is 125 Å². The van der Waals surface area contributed by atoms with E-state index in [2.05, 4.69) is 20.3 Å². The van der Waals surface area contributed by atoms with Gasteiger partial charge in [-0.05, 0) is 31.9 Å². The van der Waals surface area contributed by atoms with E-state index in [4.69, 9.17) is 0 Å². The standard InChI is InChI=1S/C18H20N4O4/c1-11-13(9-14(23)22-18(17(25)26)6-2-3-7-18)16(24)21-15(20-11)12-5-4-8-19-10-12/h4-5,8,10H,2-3,6-7,9H2,1H3,(H,22,23)(H,25,26)(H,20,21,24). The van der Waals surface area contributed by atoms with Gasteiger partial charge >= 0.3 is 5.97 Å². The summed E-state index contributed by atoms with van der Waals surface area (Å²) in [4.78, 5) is 47.3. The normalized spacial score (nSPS) is 15.6. The van der Waals surface area contributed by atoms with Crippen LogP contribution in [0.4, 0.5) is 0 Å². The fourth-order valence-corrected chi connectivity index (χ4v) is 3.30. The molecule has 1 saturated carbocycles. The van der Waals surface area contributed by atoms with Crippen LogP contribution in [0.5, 0.6) is 0 Å². The van der Waals surface area contributed by atoms with Crippen LogP contribution in [0.25, 0.3) is 11.4 Å². The van der Waals surface area contributed by atoms with Crippen molar-refractivity contribution in [1.29, 1.82) is 0 Å². The van der Waals surface area contributed by atoms with E-state index in [9.17, 15) is 19.5 Å². The number of aryl methyl sites for hydroxylation is 1. The van der Waals surface area contributed by atoms with Gasteiger partial charge in [0, 0.05) is 29.2 Å². The first kappa shape index (κ1) is 17.8. The molecule has 0 radical (unpaired) electrons. The first-order valence-corrected chi connectivity index (χ1v) is 8.46. The van der Waals surface area contributed by atoms with Crippen molar-refractivity contribution in [2.45, 2.75) is 44.6 Å². The van der Waals surface area contributed by atoms with Gasteiger partial charge in [0.05, 0.1) is 6.42 Å². The van der Waals surface area contributed by atoms with Crippen LogP contribution >= 0.6 is 0 Å². The van der Waals surface area contributed by atoms with E-state index in [1.807, 2.05) is 0 Å². The zero-order chi connectivity index (χ0) is 18.7. The molecular formula is C18H20N4O4. The van der Waals surface area contributed by atoms with Crippen molar-refractivity contribution in [3.05, 3.63) is 46.1 Å². The first-order chi connectivity index (χ1) is 12.4. The maximum Gasteiger partial charge on any atom is 0.329 e. The van der Waals surface area contributed by atoms with E-state index < -0.39 is 23.0 Å². The lowest BCUT2D eigenvalue weighted by molar-refractivity contribution is -0.147. The first-order valence-electron chi connectivity index (χ1n) is 8.46. The Bertz CT molecular complexity index is 886. The molecule has 2 aromatic heterocycles. The van der Waals surface area contributed by atoms with Gasteiger partial charge in [0.2, 0.25) is 5.91 Å². The molecule has 3 rings (SSSR count). The van der Waals surface area contributed by atoms with Crippen molar-refractivity contribution in [2.24, 2.45) is 0 Å². The Morgan fingerprint density at radius 1 is 1.35 bits per heavy atom. The van der Waals surface area contributed by atoms with Gasteiger partial charge in [0.1, 0.15) is 11.4 Å². The van der Waals surface area contributed by atoms with Gasteiger partial charge in [-0.15, -0.1) is 0 Å². The van der Waals surface area contributed by atoms with E-state index in [0.29, 0.717) is 29.9 Å². The van der Waals surface area contributed by atoms with Crippen LogP contribution in [-0.2, 0) is 16.0 Å². The molecule has 26 heavy (non-hydrogen) atoms. The number of nitrogens with one attached hydrogen (secondary N) is 2. The zero-order valence-electron chi connectivity index (χ0n) is 14.4. The molecule has 0 atom stereocenters. The Morgan fingerprint density at radius 2 is 2.08 bits per heavy atom. The number of carboxylic acid groups (broad SMARTS) is 1. The summed E-state index contributed by atoms with van der Waals surface area (Å²) in [6.07, 6.45) is 5.32. The van der Waals surface area contributed by atoms with Crippen LogP contribution < -0.4 is 10.9 Å². The van der Waals surface area contributed by atoms with Crippen LogP contribution in [0, 0.1) is 6.92 Å². The van der Waals surface area contributed by atoms with Crippen molar-refractivity contribution in [3.63, 3.8) is 0 Å². The summed E-state index contributed by atoms with van der Waals surface area (Å²) in [5.74, 6) is -1.14. The highest BCUT2D eigenvalue weighted by molar-refractivity contribution is 5.88. The molecule has 0 spiro atoms. The molecule has 1 aliphatic carbocycles. The molecule has 0 bridgehead atoms. The molecule has 2 heterocycles. The summed E-state index contributed by atoms with van der Waals surface area (Å²) in [6.45, 7) is 1.65. The molecule has 8 nitrogen and oxygen atoms in total. The van der Waals surface area contributed by atoms with Crippen LogP contribution in [0.2, 0.25) is 0 Å². The largest absolute Gasteiger partial charge is 0.480 e. The van der Waals surface area contributed by atoms with Crippen molar-refractivity contribution in [2.75, 3.05) is 0 Å². The number of rotatable bonds is 5. The highest BCUT2D eigenvalue weighted by Crippen LogP contribution is 2.30. The molecule has 0 aromatic carbocycles. The van der Waals surface area contributed by atoms with E-state index >= 15 is 0 Å². The zero-order valence-corrected chi connectivity index (χ0v) is 14.4. The molecule has 1 aliphatic rings. The number of H-pyrrole nitrogens is 1. The summed E-state index contributed by atoms with van der Waals surface area (Å²) in [5, 5.41) is 12.1. The van der Waals surface area contributed by atoms with Gasteiger partial charge in [-0.3, -0.25) is 14.6 Å². The molecule has 0 saturated heterocycles. The number of carbonyl (C=O) groups excluding carboxylic acids is 1. The average molecular weight is 356 g/mol. The van der Waals surface area contributed by atoms with E-state index in [1.165, 1.54) is 0 Å². The number of aromatic nitrogens is 3. The van der Waals surface area contributed by atoms with E-state index in [0.717, 1.165) is 12.8 Å². The fourth-order valence-electron chi connectivity index (χ4n) is 3.30. The molecule has 3 N–H and O–H groups in total. The number of amides is 1. The summed E-state index contributed by atoms with van der Waals surface area (Å²) in [5.41, 5.74) is -0.310. The van der Waals surface area contributed by atoms with Gasteiger partial charge in [-0.1, -0.05) is 12.8 Å². The third-order valence-electron chi connectivity index (χ3n) is 4.74. The number of pyridine rings is 1. The summed E-state index contributed by atoms with van der Waals surface area (Å²) in [7, 11) is 0. The molecule has 2 aromatic rings. The maximum absolute atomic E-state index is 12.4. The third kappa shape index (κ3) is 3.49. The Labute approximate surface area is 149 Å². The number of carboxylic acids is 1. The van der Waals surface area contributed by atoms with Crippen molar-refractivity contribution >= 4 is 11.9 Å². The Morgan fingerprint density at radius 3 is 2.65 bits per heavy atom. The molecular weight excluding hydrogens is 336 g/mol. The van der Waals surface area contributed by atoms with E-state index in [-0.39, 0.29) is 12.0 Å². The predicted molar refractivity (Wildman–Crippen MR) is 93.5 cm³/mol. The van der Waals surface area contributed by atoms with Crippen LogP contribution in [0.3, 0.4) is 0 Å². The molecule has 1 amide bonds. The molecule has 1 fully saturated rings. The molecule has 136 valence electrons. The average Bonchev–Trinajstić information content (AvgIpc) is 3.08. The minimum Gasteiger partial charge on any atom is -0.480 e. The van der Waals surface area contributed by atoms with Gasteiger partial charge in [-0.25, -0.2) is 9.78 Å². The van der Waals surface area contributed by atoms with Crippen molar-refractivity contribution < 1.29 is 14.7 Å². The lowest BCUT2D eigenvalue weighted by atomic mass is 9.97. The van der Waals surface area contributed by atoms with Crippen LogP contribution in [-0.4, -0.2) is 37.5 Å². The molecule has 0 unspecified atom stereocenters. The number of carbonyl (C=O) groups is 2. The number of hydrogen-bond acceptors (Lipinski definition) is 5. The Hall–Kier alpha value is -3.03. The highest BCUT2D eigenvalue weighted by Gasteiger charge is 2.42. The van der Waals surface area contributed by atoms with Crippen molar-refractivity contribution in [3.8, 4) is 11.4 Å². The third-order valence-corrected chi connectivity index (χ3v) is 4.74. The minimum absolute atomic E-state index is 0.212. The second-order valence-electron chi connectivity index (χ2n) is 6.54. The smallest absolute Gasteiger partial charge is 0.329 e. The fraction of sp³-hybridized carbons (Fsp3) is 0.389. The second kappa shape index (κ2) is 7.07. The number of aliphatic carboxylic acids is 1. The second-order valence-corrected chi connectivity index (χ2v) is 6.54. The van der Waals surface area contributed by atoms with Gasteiger partial charge in [-0.2, -0.15) is 0 Å². The van der Waals surface area contributed by atoms with Gasteiger partial charge in [0.25, 0.3) is 5.56 Å². The molecule has 0 aliphatic heterocycles. The quantitative estimate of drug-likeness (QED) is 0.739. The lowest BCUT2D eigenvalue weighted by Crippen LogP contribution is -2.53. The van der Waals surface area contributed by atoms with Crippen LogP contribution in [0.1, 0.15) is 36.9 Å². The van der Waals surface area contributed by atoms with Gasteiger partial charge in [0.15, 0.2) is 0 Å². The predicted octanol–water partition coefficient (Wildman–Crippen LogP) is 1.20. The summed E-state index contributed by atoms with van der Waals surface area (Å²) >= 11 is 0. The maximum atomic E-state index is 12.4. The summed E-state index contributed by atoms with van der Waals surface area (Å²) in [6, 6.07) is 3.51. The highest BCUT2D eigenvalue weighted by atomic mass is 16.4. The number of hydrogen-bond donors (Lipinski definition) is 3. The SMILES string of the molecule is Cc1nc(-c2cccnc2)[nH]c(=O)c1CC(=O)NC1(C(=O)O)CCCC1. The van der Waals surface area contributed by atoms with Gasteiger partial charge < -0.3 is 15.4 Å². The lowest BCUT2D eigenvalue weighted by Gasteiger charge is -2.25. The summed E-state index contributed by atoms with van der Waals surface area (Å²) < 4.78 is 0. The van der Waals surface area contributed by atoms with Crippen LogP contribution in [0.15, 0.2) is 29.3 Å². The minimum atomic E-state index is -1.22. The number of aromatic amines is 1. The monoisotopic (exact) mass is 356 g/mol. The van der Waals surface area contributed by atoms with Crippen molar-refractivity contribution in [1.82, 2.24) is 20.3 Å². The van der Waals surface area contributed by atoms with E-state index in [1.54, 1.807) is 31.5 Å². The number of nitrogens with zero attached hydrogens (tertiary/aromatic N) is 2.